The van der Waals surface area contributed by atoms with Crippen LogP contribution in [0.3, 0.4) is 0 Å². The number of benzene rings is 2. The van der Waals surface area contributed by atoms with E-state index in [1.54, 1.807) is 30.3 Å². The van der Waals surface area contributed by atoms with E-state index in [1.165, 1.54) is 6.07 Å². The van der Waals surface area contributed by atoms with Gasteiger partial charge in [0.15, 0.2) is 0 Å². The smallest absolute Gasteiger partial charge is 0.252 e. The molecule has 0 unspecified atom stereocenters. The topological polar surface area (TPSA) is 58.2 Å². The van der Waals surface area contributed by atoms with E-state index in [-0.39, 0.29) is 17.4 Å². The first kappa shape index (κ1) is 22.5. The van der Waals surface area contributed by atoms with Crippen LogP contribution in [0.4, 0.5) is 5.69 Å². The molecule has 0 radical (unpaired) electrons. The van der Waals surface area contributed by atoms with Crippen molar-refractivity contribution in [1.82, 2.24) is 5.32 Å². The molecule has 4 nitrogen and oxygen atoms in total. The Morgan fingerprint density at radius 3 is 2.31 bits per heavy atom. The predicted octanol–water partition coefficient (Wildman–Crippen LogP) is 6.31. The van der Waals surface area contributed by atoms with Crippen LogP contribution in [-0.4, -0.2) is 22.7 Å². The number of alkyl halides is 2. The maximum atomic E-state index is 12.8. The Morgan fingerprint density at radius 2 is 1.69 bits per heavy atom. The fourth-order valence-electron chi connectivity index (χ4n) is 3.15. The fourth-order valence-corrected chi connectivity index (χ4v) is 4.73. The van der Waals surface area contributed by atoms with Gasteiger partial charge in [-0.05, 0) is 48.4 Å². The van der Waals surface area contributed by atoms with E-state index in [2.05, 4.69) is 10.6 Å². The van der Waals surface area contributed by atoms with E-state index in [0.29, 0.717) is 32.9 Å². The monoisotopic (exact) mass is 492 g/mol. The van der Waals surface area contributed by atoms with Crippen LogP contribution in [0.2, 0.25) is 15.1 Å². The Kier molecular flexibility index (Phi) is 6.91. The van der Waals surface area contributed by atoms with Gasteiger partial charge in [-0.3, -0.25) is 9.59 Å². The van der Waals surface area contributed by atoms with E-state index in [0.717, 1.165) is 6.42 Å². The Bertz CT molecular complexity index is 944. The Labute approximate surface area is 193 Å². The average molecular weight is 495 g/mol. The maximum absolute atomic E-state index is 12.8. The number of halogens is 5. The minimum atomic E-state index is -1.29. The molecule has 2 aromatic rings. The summed E-state index contributed by atoms with van der Waals surface area (Å²) in [6, 6.07) is 9.63. The summed E-state index contributed by atoms with van der Waals surface area (Å²) in [4.78, 5) is 25.0. The Balaban J connectivity index is 1.77. The molecule has 0 bridgehead atoms. The van der Waals surface area contributed by atoms with Crippen LogP contribution in [0, 0.1) is 5.92 Å². The van der Waals surface area contributed by atoms with Gasteiger partial charge < -0.3 is 10.6 Å². The van der Waals surface area contributed by atoms with Crippen LogP contribution in [-0.2, 0) is 4.79 Å². The van der Waals surface area contributed by atoms with Crippen molar-refractivity contribution in [2.45, 2.75) is 23.6 Å². The molecule has 0 aliphatic heterocycles. The van der Waals surface area contributed by atoms with Gasteiger partial charge in [-0.1, -0.05) is 41.7 Å². The molecule has 154 valence electrons. The van der Waals surface area contributed by atoms with Crippen LogP contribution in [0.15, 0.2) is 36.4 Å². The lowest BCUT2D eigenvalue weighted by Gasteiger charge is -2.10. The summed E-state index contributed by atoms with van der Waals surface area (Å²) in [6.07, 6.45) is 0.796. The van der Waals surface area contributed by atoms with Gasteiger partial charge in [0.05, 0.1) is 16.5 Å². The third-order valence-electron chi connectivity index (χ3n) is 4.59. The lowest BCUT2D eigenvalue weighted by molar-refractivity contribution is -0.117. The minimum absolute atomic E-state index is 0.273. The molecule has 1 aliphatic carbocycles. The van der Waals surface area contributed by atoms with E-state index < -0.39 is 16.2 Å². The lowest BCUT2D eigenvalue weighted by Crippen LogP contribution is -2.24. The van der Waals surface area contributed by atoms with Crippen molar-refractivity contribution in [3.63, 3.8) is 0 Å². The molecule has 0 heterocycles. The maximum Gasteiger partial charge on any atom is 0.252 e. The minimum Gasteiger partial charge on any atom is -0.352 e. The largest absolute Gasteiger partial charge is 0.352 e. The first-order valence-corrected chi connectivity index (χ1v) is 10.8. The molecule has 0 spiro atoms. The van der Waals surface area contributed by atoms with Crippen LogP contribution in [0.5, 0.6) is 0 Å². The normalized spacial score (nSPS) is 19.5. The first-order valence-electron chi connectivity index (χ1n) is 8.87. The summed E-state index contributed by atoms with van der Waals surface area (Å²) >= 11 is 31.0. The second-order valence-electron chi connectivity index (χ2n) is 6.77. The van der Waals surface area contributed by atoms with Gasteiger partial charge in [0.1, 0.15) is 4.33 Å². The molecule has 2 atom stereocenters. The van der Waals surface area contributed by atoms with E-state index in [1.807, 2.05) is 6.92 Å². The van der Waals surface area contributed by atoms with Gasteiger partial charge in [-0.25, -0.2) is 0 Å². The number of nitrogens with one attached hydrogen (secondary N) is 2. The van der Waals surface area contributed by atoms with E-state index >= 15 is 0 Å². The molecule has 2 N–H and O–H groups in total. The van der Waals surface area contributed by atoms with Gasteiger partial charge >= 0.3 is 0 Å². The zero-order chi connectivity index (χ0) is 21.3. The molecule has 3 rings (SSSR count). The second-order valence-corrected chi connectivity index (χ2v) is 9.50. The van der Waals surface area contributed by atoms with Gasteiger partial charge in [0.25, 0.3) is 5.91 Å². The molecule has 29 heavy (non-hydrogen) atoms. The van der Waals surface area contributed by atoms with Crippen molar-refractivity contribution in [3.05, 3.63) is 62.6 Å². The van der Waals surface area contributed by atoms with Gasteiger partial charge in [-0.2, -0.15) is 0 Å². The quantitative estimate of drug-likeness (QED) is 0.462. The highest BCUT2D eigenvalue weighted by Gasteiger charge is 2.67. The standard InChI is InChI=1S/C20H17Cl5N2O2/c1-2-5-26-18(28)14-9-13(3-4-15(14)23)27-19(29)17-16(20(17,24)25)10-6-11(21)8-12(22)7-10/h3-4,6-9,16-17H,2,5H2,1H3,(H,26,28)(H,27,29)/t16-,17+/m0/s1. The first-order chi connectivity index (χ1) is 13.6. The molecule has 1 fully saturated rings. The van der Waals surface area contributed by atoms with Crippen molar-refractivity contribution in [2.24, 2.45) is 5.92 Å². The van der Waals surface area contributed by atoms with Crippen LogP contribution < -0.4 is 10.6 Å². The highest BCUT2D eigenvalue weighted by Crippen LogP contribution is 2.65. The number of carbonyl (C=O) groups excluding carboxylic acids is 2. The third kappa shape index (κ3) is 4.95. The Hall–Kier alpha value is -1.17. The molecular formula is C20H17Cl5N2O2. The summed E-state index contributed by atoms with van der Waals surface area (Å²) in [6.45, 7) is 2.47. The highest BCUT2D eigenvalue weighted by molar-refractivity contribution is 6.53. The molecule has 2 amide bonds. The van der Waals surface area contributed by atoms with Crippen LogP contribution in [0.25, 0.3) is 0 Å². The Morgan fingerprint density at radius 1 is 1.03 bits per heavy atom. The van der Waals surface area contributed by atoms with Crippen LogP contribution in [0.1, 0.15) is 35.2 Å². The van der Waals surface area contributed by atoms with E-state index in [4.69, 9.17) is 58.0 Å². The number of hydrogen-bond acceptors (Lipinski definition) is 2. The summed E-state index contributed by atoms with van der Waals surface area (Å²) in [5, 5.41) is 6.67. The van der Waals surface area contributed by atoms with Gasteiger partial charge in [0.2, 0.25) is 5.91 Å². The summed E-state index contributed by atoms with van der Waals surface area (Å²) in [7, 11) is 0. The third-order valence-corrected chi connectivity index (χ3v) is 6.30. The fraction of sp³-hybridized carbons (Fsp3) is 0.300. The summed E-state index contributed by atoms with van der Waals surface area (Å²) in [5.41, 5.74) is 1.37. The number of anilines is 1. The number of hydrogen-bond donors (Lipinski definition) is 2. The molecular weight excluding hydrogens is 477 g/mol. The van der Waals surface area contributed by atoms with Gasteiger partial charge in [0, 0.05) is 28.2 Å². The number of carbonyl (C=O) groups is 2. The highest BCUT2D eigenvalue weighted by atomic mass is 35.5. The van der Waals surface area contributed by atoms with Crippen molar-refractivity contribution < 1.29 is 9.59 Å². The van der Waals surface area contributed by atoms with Gasteiger partial charge in [-0.15, -0.1) is 23.2 Å². The van der Waals surface area contributed by atoms with Crippen molar-refractivity contribution >= 4 is 75.5 Å². The van der Waals surface area contributed by atoms with Crippen molar-refractivity contribution in [1.29, 1.82) is 0 Å². The average Bonchev–Trinajstić information content (AvgIpc) is 3.22. The SMILES string of the molecule is CCCNC(=O)c1cc(NC(=O)[C@H]2[C@H](c3cc(Cl)cc(Cl)c3)C2(Cl)Cl)ccc1Cl. The zero-order valence-corrected chi connectivity index (χ0v) is 19.0. The van der Waals surface area contributed by atoms with Crippen molar-refractivity contribution in [2.75, 3.05) is 11.9 Å². The van der Waals surface area contributed by atoms with Crippen molar-refractivity contribution in [3.8, 4) is 0 Å². The molecule has 0 saturated heterocycles. The molecule has 9 heteroatoms. The molecule has 1 saturated carbocycles. The lowest BCUT2D eigenvalue weighted by atomic mass is 10.1. The second kappa shape index (κ2) is 8.91. The number of amides is 2. The van der Waals surface area contributed by atoms with E-state index in [9.17, 15) is 9.59 Å². The molecule has 2 aromatic carbocycles. The molecule has 0 aromatic heterocycles. The number of rotatable bonds is 6. The summed E-state index contributed by atoms with van der Waals surface area (Å²) in [5.74, 6) is -1.84. The zero-order valence-electron chi connectivity index (χ0n) is 15.2. The summed E-state index contributed by atoms with van der Waals surface area (Å²) < 4.78 is -1.29. The van der Waals surface area contributed by atoms with Crippen LogP contribution >= 0.6 is 58.0 Å². The predicted molar refractivity (Wildman–Crippen MR) is 120 cm³/mol. The molecule has 1 aliphatic rings.